The van der Waals surface area contributed by atoms with Crippen LogP contribution in [-0.2, 0) is 4.74 Å². The largest absolute Gasteiger partial charge is 0.396 e. The number of aliphatic hydroxyl groups excluding tert-OH is 1. The fourth-order valence-electron chi connectivity index (χ4n) is 0.989. The second-order valence-corrected chi connectivity index (χ2v) is 2.97. The Labute approximate surface area is 63.2 Å². The highest BCUT2D eigenvalue weighted by molar-refractivity contribution is 4.60. The molecule has 0 spiro atoms. The van der Waals surface area contributed by atoms with Crippen LogP contribution in [0.1, 0.15) is 20.3 Å². The Morgan fingerprint density at radius 3 is 2.30 bits per heavy atom. The van der Waals surface area contributed by atoms with E-state index in [1.165, 1.54) is 0 Å². The maximum atomic E-state index is 8.66. The van der Waals surface area contributed by atoms with Gasteiger partial charge in [-0.1, -0.05) is 13.8 Å². The maximum absolute atomic E-state index is 8.66. The molecule has 2 heteroatoms. The van der Waals surface area contributed by atoms with Crippen molar-refractivity contribution in [3.05, 3.63) is 0 Å². The van der Waals surface area contributed by atoms with Crippen molar-refractivity contribution < 1.29 is 9.84 Å². The Morgan fingerprint density at radius 1 is 1.40 bits per heavy atom. The molecule has 2 nitrogen and oxygen atoms in total. The average molecular weight is 146 g/mol. The summed E-state index contributed by atoms with van der Waals surface area (Å²) in [4.78, 5) is 0. The Hall–Kier alpha value is -0.0800. The molecule has 0 aromatic rings. The topological polar surface area (TPSA) is 29.5 Å². The molecule has 0 bridgehead atoms. The summed E-state index contributed by atoms with van der Waals surface area (Å²) in [5.74, 6) is 1.11. The number of methoxy groups -OCH3 is 1. The standard InChI is InChI=1S/C8H18O2/c1-7(2)8(4-5-9)6-10-3/h7-9H,4-6H2,1-3H3. The van der Waals surface area contributed by atoms with E-state index in [-0.39, 0.29) is 6.61 Å². The molecular formula is C8H18O2. The van der Waals surface area contributed by atoms with Gasteiger partial charge >= 0.3 is 0 Å². The molecule has 0 radical (unpaired) electrons. The predicted octanol–water partition coefficient (Wildman–Crippen LogP) is 1.29. The Morgan fingerprint density at radius 2 is 2.00 bits per heavy atom. The van der Waals surface area contributed by atoms with Crippen LogP contribution >= 0.6 is 0 Å². The third kappa shape index (κ3) is 3.85. The van der Waals surface area contributed by atoms with Crippen molar-refractivity contribution in [1.29, 1.82) is 0 Å². The normalized spacial score (nSPS) is 14.1. The van der Waals surface area contributed by atoms with Gasteiger partial charge in [-0.05, 0) is 18.3 Å². The van der Waals surface area contributed by atoms with Crippen LogP contribution in [0.15, 0.2) is 0 Å². The minimum Gasteiger partial charge on any atom is -0.396 e. The lowest BCUT2D eigenvalue weighted by molar-refractivity contribution is 0.109. The maximum Gasteiger partial charge on any atom is 0.0493 e. The monoisotopic (exact) mass is 146 g/mol. The molecule has 10 heavy (non-hydrogen) atoms. The molecule has 0 saturated carbocycles. The van der Waals surface area contributed by atoms with Gasteiger partial charge in [0.1, 0.15) is 0 Å². The molecule has 0 rings (SSSR count). The molecule has 0 amide bonds. The van der Waals surface area contributed by atoms with Crippen LogP contribution in [0.5, 0.6) is 0 Å². The molecule has 1 unspecified atom stereocenters. The minimum absolute atomic E-state index is 0.270. The van der Waals surface area contributed by atoms with Gasteiger partial charge in [0.15, 0.2) is 0 Å². The van der Waals surface area contributed by atoms with Crippen molar-refractivity contribution in [2.24, 2.45) is 11.8 Å². The zero-order valence-corrected chi connectivity index (χ0v) is 7.13. The van der Waals surface area contributed by atoms with Crippen molar-refractivity contribution in [2.75, 3.05) is 20.3 Å². The van der Waals surface area contributed by atoms with E-state index in [2.05, 4.69) is 13.8 Å². The Balaban J connectivity index is 3.50. The predicted molar refractivity (Wildman–Crippen MR) is 41.9 cm³/mol. The first kappa shape index (κ1) is 9.92. The van der Waals surface area contributed by atoms with Crippen LogP contribution < -0.4 is 0 Å². The molecule has 0 fully saturated rings. The van der Waals surface area contributed by atoms with Crippen LogP contribution in [-0.4, -0.2) is 25.4 Å². The van der Waals surface area contributed by atoms with Gasteiger partial charge in [-0.2, -0.15) is 0 Å². The fraction of sp³-hybridized carbons (Fsp3) is 1.00. The van der Waals surface area contributed by atoms with Crippen LogP contribution in [0.2, 0.25) is 0 Å². The smallest absolute Gasteiger partial charge is 0.0493 e. The summed E-state index contributed by atoms with van der Waals surface area (Å²) in [6, 6.07) is 0. The van der Waals surface area contributed by atoms with Crippen molar-refractivity contribution in [2.45, 2.75) is 20.3 Å². The van der Waals surface area contributed by atoms with Gasteiger partial charge in [-0.15, -0.1) is 0 Å². The van der Waals surface area contributed by atoms with Crippen LogP contribution in [0.3, 0.4) is 0 Å². The first-order valence-corrected chi connectivity index (χ1v) is 3.82. The van der Waals surface area contributed by atoms with E-state index in [0.717, 1.165) is 13.0 Å². The van der Waals surface area contributed by atoms with Gasteiger partial charge in [0.2, 0.25) is 0 Å². The molecule has 0 aliphatic carbocycles. The van der Waals surface area contributed by atoms with Gasteiger partial charge in [-0.25, -0.2) is 0 Å². The molecule has 1 N–H and O–H groups in total. The summed E-state index contributed by atoms with van der Waals surface area (Å²) in [5.41, 5.74) is 0. The first-order chi connectivity index (χ1) is 4.72. The highest BCUT2D eigenvalue weighted by atomic mass is 16.5. The average Bonchev–Trinajstić information content (AvgIpc) is 1.87. The highest BCUT2D eigenvalue weighted by Crippen LogP contribution is 2.14. The minimum atomic E-state index is 0.270. The zero-order valence-electron chi connectivity index (χ0n) is 7.13. The van der Waals surface area contributed by atoms with Crippen molar-refractivity contribution in [3.8, 4) is 0 Å². The summed E-state index contributed by atoms with van der Waals surface area (Å²) in [6.07, 6.45) is 0.853. The van der Waals surface area contributed by atoms with E-state index >= 15 is 0 Å². The molecule has 0 heterocycles. The summed E-state index contributed by atoms with van der Waals surface area (Å²) in [6.45, 7) is 5.34. The first-order valence-electron chi connectivity index (χ1n) is 3.82. The SMILES string of the molecule is COCC(CCO)C(C)C. The summed E-state index contributed by atoms with van der Waals surface area (Å²) in [5, 5.41) is 8.66. The van der Waals surface area contributed by atoms with Crippen molar-refractivity contribution >= 4 is 0 Å². The lowest BCUT2D eigenvalue weighted by atomic mass is 9.94. The molecule has 0 aromatic heterocycles. The van der Waals surface area contributed by atoms with Crippen molar-refractivity contribution in [1.82, 2.24) is 0 Å². The third-order valence-corrected chi connectivity index (χ3v) is 1.82. The molecule has 0 saturated heterocycles. The molecular weight excluding hydrogens is 128 g/mol. The van der Waals surface area contributed by atoms with Gasteiger partial charge in [0.25, 0.3) is 0 Å². The van der Waals surface area contributed by atoms with E-state index in [1.54, 1.807) is 7.11 Å². The van der Waals surface area contributed by atoms with Crippen LogP contribution in [0.25, 0.3) is 0 Å². The van der Waals surface area contributed by atoms with E-state index in [0.29, 0.717) is 11.8 Å². The van der Waals surface area contributed by atoms with Crippen LogP contribution in [0, 0.1) is 11.8 Å². The quantitative estimate of drug-likeness (QED) is 0.633. The van der Waals surface area contributed by atoms with Gasteiger partial charge in [0, 0.05) is 20.3 Å². The zero-order chi connectivity index (χ0) is 7.98. The molecule has 0 aliphatic rings. The lowest BCUT2D eigenvalue weighted by Crippen LogP contribution is -2.16. The summed E-state index contributed by atoms with van der Waals surface area (Å²) in [7, 11) is 1.70. The van der Waals surface area contributed by atoms with Gasteiger partial charge in [0.05, 0.1) is 0 Å². The third-order valence-electron chi connectivity index (χ3n) is 1.82. The van der Waals surface area contributed by atoms with Crippen LogP contribution in [0.4, 0.5) is 0 Å². The molecule has 62 valence electrons. The number of aliphatic hydroxyl groups is 1. The van der Waals surface area contributed by atoms with E-state index in [9.17, 15) is 0 Å². The molecule has 1 atom stereocenters. The fourth-order valence-corrected chi connectivity index (χ4v) is 0.989. The summed E-state index contributed by atoms with van der Waals surface area (Å²) < 4.78 is 5.01. The second kappa shape index (κ2) is 5.69. The van der Waals surface area contributed by atoms with Crippen molar-refractivity contribution in [3.63, 3.8) is 0 Å². The number of rotatable bonds is 5. The van der Waals surface area contributed by atoms with E-state index in [1.807, 2.05) is 0 Å². The highest BCUT2D eigenvalue weighted by Gasteiger charge is 2.11. The Kier molecular flexibility index (Phi) is 5.64. The Bertz CT molecular complexity index is 65.7. The molecule has 0 aliphatic heterocycles. The van der Waals surface area contributed by atoms with E-state index < -0.39 is 0 Å². The number of ether oxygens (including phenoxy) is 1. The molecule has 0 aromatic carbocycles. The number of hydrogen-bond acceptors (Lipinski definition) is 2. The number of hydrogen-bond donors (Lipinski definition) is 1. The summed E-state index contributed by atoms with van der Waals surface area (Å²) >= 11 is 0. The lowest BCUT2D eigenvalue weighted by Gasteiger charge is -2.18. The second-order valence-electron chi connectivity index (χ2n) is 2.97. The van der Waals surface area contributed by atoms with Gasteiger partial charge in [-0.3, -0.25) is 0 Å². The van der Waals surface area contributed by atoms with Gasteiger partial charge < -0.3 is 9.84 Å². The van der Waals surface area contributed by atoms with E-state index in [4.69, 9.17) is 9.84 Å².